The van der Waals surface area contributed by atoms with Crippen LogP contribution in [0.4, 0.5) is 22.4 Å². The summed E-state index contributed by atoms with van der Waals surface area (Å²) in [5, 5.41) is 9.26. The average molecular weight is 594 g/mol. The number of halogens is 4. The van der Waals surface area contributed by atoms with E-state index in [1.54, 1.807) is 43.3 Å². The Balaban J connectivity index is 1.61. The molecule has 0 aliphatic rings. The molecule has 42 heavy (non-hydrogen) atoms. The molecule has 3 aromatic rings. The fourth-order valence-corrected chi connectivity index (χ4v) is 3.82. The molecule has 0 aromatic heterocycles. The van der Waals surface area contributed by atoms with Crippen LogP contribution < -0.4 is 9.47 Å². The Labute approximate surface area is 240 Å². The molecule has 0 saturated heterocycles. The minimum absolute atomic E-state index is 0.0205. The lowest BCUT2D eigenvalue weighted by atomic mass is 10.1. The van der Waals surface area contributed by atoms with Crippen LogP contribution in [0.2, 0.25) is 0 Å². The number of rotatable bonds is 15. The average Bonchev–Trinajstić information content (AvgIpc) is 2.95. The Morgan fingerprint density at radius 2 is 1.55 bits per heavy atom. The number of carbonyl (C=O) groups excluding carboxylic acids is 1. The second kappa shape index (κ2) is 15.7. The number of carboxylic acid groups (broad SMARTS) is 1. The first-order valence-corrected chi connectivity index (χ1v) is 13.1. The summed E-state index contributed by atoms with van der Waals surface area (Å²) in [6.07, 6.45) is -6.55. The number of nitrogens with zero attached hydrogens (tertiary/aromatic N) is 1. The van der Waals surface area contributed by atoms with Crippen LogP contribution in [0, 0.1) is 5.82 Å². The van der Waals surface area contributed by atoms with E-state index in [0.717, 1.165) is 22.6 Å². The van der Waals surface area contributed by atoms with Crippen LogP contribution in [-0.4, -0.2) is 61.1 Å². The molecule has 0 bridgehead atoms. The zero-order valence-corrected chi connectivity index (χ0v) is 22.8. The molecule has 0 aliphatic carbocycles. The van der Waals surface area contributed by atoms with Gasteiger partial charge in [-0.25, -0.2) is 14.0 Å². The number of carboxylic acids is 1. The maximum Gasteiger partial charge on any atom is 0.419 e. The van der Waals surface area contributed by atoms with Crippen molar-refractivity contribution in [2.45, 2.75) is 32.2 Å². The van der Waals surface area contributed by atoms with Gasteiger partial charge in [-0.3, -0.25) is 0 Å². The summed E-state index contributed by atoms with van der Waals surface area (Å²) in [4.78, 5) is 25.4. The summed E-state index contributed by atoms with van der Waals surface area (Å²) in [6.45, 7) is 2.03. The number of hydrogen-bond acceptors (Lipinski definition) is 6. The molecule has 1 atom stereocenters. The fraction of sp³-hybridized carbons (Fsp3) is 0.333. The molecule has 8 nitrogen and oxygen atoms in total. The van der Waals surface area contributed by atoms with Crippen LogP contribution in [0.3, 0.4) is 0 Å². The SMILES string of the molecule is CCOC(Cc1ccc(OCCN(CCOCc2ccc(F)cc2)C(=O)Oc2ccccc2C(F)(F)F)cc1)C(=O)O. The standard InChI is InChI=1S/C30H31F4NO7/c1-2-40-27(28(36)37)19-21-9-13-24(14-10-21)41-18-16-35(15-17-39-20-22-7-11-23(31)12-8-22)29(38)42-26-6-4-3-5-25(26)30(32,33)34/h3-14,27H,2,15-20H2,1H3,(H,36,37). The number of alkyl halides is 3. The van der Waals surface area contributed by atoms with E-state index in [-0.39, 0.29) is 45.9 Å². The number of para-hydroxylation sites is 1. The second-order valence-corrected chi connectivity index (χ2v) is 9.01. The zero-order valence-electron chi connectivity index (χ0n) is 22.8. The molecule has 0 saturated carbocycles. The van der Waals surface area contributed by atoms with Crippen molar-refractivity contribution in [3.05, 3.63) is 95.3 Å². The fourth-order valence-electron chi connectivity index (χ4n) is 3.82. The van der Waals surface area contributed by atoms with Crippen molar-refractivity contribution in [2.24, 2.45) is 0 Å². The van der Waals surface area contributed by atoms with Gasteiger partial charge in [0, 0.05) is 19.6 Å². The van der Waals surface area contributed by atoms with Crippen LogP contribution in [0.1, 0.15) is 23.6 Å². The van der Waals surface area contributed by atoms with E-state index in [0.29, 0.717) is 11.3 Å². The quantitative estimate of drug-likeness (QED) is 0.171. The number of carbonyl (C=O) groups is 2. The van der Waals surface area contributed by atoms with Gasteiger partial charge in [0.1, 0.15) is 23.9 Å². The van der Waals surface area contributed by atoms with Crippen LogP contribution in [0.5, 0.6) is 11.5 Å². The van der Waals surface area contributed by atoms with Crippen molar-refractivity contribution in [3.8, 4) is 11.5 Å². The van der Waals surface area contributed by atoms with Gasteiger partial charge in [-0.05, 0) is 54.4 Å². The van der Waals surface area contributed by atoms with E-state index in [4.69, 9.17) is 18.9 Å². The summed E-state index contributed by atoms with van der Waals surface area (Å²) >= 11 is 0. The van der Waals surface area contributed by atoms with E-state index in [1.807, 2.05) is 0 Å². The van der Waals surface area contributed by atoms with E-state index in [9.17, 15) is 32.3 Å². The third kappa shape index (κ3) is 10.3. The molecule has 1 N–H and O–H groups in total. The molecule has 12 heteroatoms. The molecule has 3 aromatic carbocycles. The number of ether oxygens (including phenoxy) is 4. The smallest absolute Gasteiger partial charge is 0.419 e. The van der Waals surface area contributed by atoms with Crippen LogP contribution >= 0.6 is 0 Å². The predicted molar refractivity (Wildman–Crippen MR) is 144 cm³/mol. The van der Waals surface area contributed by atoms with Crippen molar-refractivity contribution in [1.82, 2.24) is 4.90 Å². The van der Waals surface area contributed by atoms with Crippen molar-refractivity contribution in [1.29, 1.82) is 0 Å². The van der Waals surface area contributed by atoms with Gasteiger partial charge >= 0.3 is 18.2 Å². The molecule has 0 heterocycles. The molecular formula is C30H31F4NO7. The van der Waals surface area contributed by atoms with Gasteiger partial charge in [-0.2, -0.15) is 13.2 Å². The van der Waals surface area contributed by atoms with Gasteiger partial charge in [-0.1, -0.05) is 36.4 Å². The predicted octanol–water partition coefficient (Wildman–Crippen LogP) is 5.97. The first-order chi connectivity index (χ1) is 20.1. The number of benzene rings is 3. The second-order valence-electron chi connectivity index (χ2n) is 9.01. The van der Waals surface area contributed by atoms with Crippen LogP contribution in [0.15, 0.2) is 72.8 Å². The van der Waals surface area contributed by atoms with E-state index in [2.05, 4.69) is 0 Å². The molecular weight excluding hydrogens is 562 g/mol. The Kier molecular flexibility index (Phi) is 12.1. The molecule has 0 fully saturated rings. The van der Waals surface area contributed by atoms with Gasteiger partial charge in [0.25, 0.3) is 0 Å². The zero-order chi connectivity index (χ0) is 30.5. The highest BCUT2D eigenvalue weighted by atomic mass is 19.4. The lowest BCUT2D eigenvalue weighted by Crippen LogP contribution is -2.39. The van der Waals surface area contributed by atoms with Crippen LogP contribution in [-0.2, 0) is 33.5 Å². The highest BCUT2D eigenvalue weighted by molar-refractivity contribution is 5.72. The Bertz CT molecular complexity index is 1280. The maximum atomic E-state index is 13.4. The van der Waals surface area contributed by atoms with Crippen LogP contribution in [0.25, 0.3) is 0 Å². The minimum Gasteiger partial charge on any atom is -0.492 e. The van der Waals surface area contributed by atoms with Crippen molar-refractivity contribution < 1.29 is 51.2 Å². The molecule has 0 radical (unpaired) electrons. The van der Waals surface area contributed by atoms with Crippen molar-refractivity contribution in [2.75, 3.05) is 32.9 Å². The highest BCUT2D eigenvalue weighted by Gasteiger charge is 2.35. The summed E-state index contributed by atoms with van der Waals surface area (Å²) in [6, 6.07) is 16.7. The molecule has 0 spiro atoms. The lowest BCUT2D eigenvalue weighted by molar-refractivity contribution is -0.150. The largest absolute Gasteiger partial charge is 0.492 e. The normalized spacial score (nSPS) is 12.0. The van der Waals surface area contributed by atoms with Crippen molar-refractivity contribution >= 4 is 12.1 Å². The Morgan fingerprint density at radius 3 is 2.19 bits per heavy atom. The van der Waals surface area contributed by atoms with E-state index >= 15 is 0 Å². The molecule has 0 aliphatic heterocycles. The molecule has 1 amide bonds. The lowest BCUT2D eigenvalue weighted by Gasteiger charge is -2.23. The number of hydrogen-bond donors (Lipinski definition) is 1. The first kappa shape index (κ1) is 32.4. The monoisotopic (exact) mass is 593 g/mol. The van der Waals surface area contributed by atoms with Gasteiger partial charge < -0.3 is 29.0 Å². The third-order valence-electron chi connectivity index (χ3n) is 5.95. The number of aliphatic carboxylic acids is 1. The first-order valence-electron chi connectivity index (χ1n) is 13.1. The summed E-state index contributed by atoms with van der Waals surface area (Å²) < 4.78 is 74.9. The number of amides is 1. The Morgan fingerprint density at radius 1 is 0.905 bits per heavy atom. The van der Waals surface area contributed by atoms with Gasteiger partial charge in [0.2, 0.25) is 0 Å². The van der Waals surface area contributed by atoms with E-state index in [1.165, 1.54) is 24.3 Å². The third-order valence-corrected chi connectivity index (χ3v) is 5.95. The minimum atomic E-state index is -4.72. The van der Waals surface area contributed by atoms with Gasteiger partial charge in [0.15, 0.2) is 6.10 Å². The topological polar surface area (TPSA) is 94.5 Å². The maximum absolute atomic E-state index is 13.4. The van der Waals surface area contributed by atoms with Gasteiger partial charge in [0.05, 0.1) is 25.3 Å². The molecule has 1 unspecified atom stereocenters. The Hall–Kier alpha value is -4.16. The van der Waals surface area contributed by atoms with E-state index < -0.39 is 41.5 Å². The van der Waals surface area contributed by atoms with Gasteiger partial charge in [-0.15, -0.1) is 0 Å². The summed E-state index contributed by atoms with van der Waals surface area (Å²) in [5.74, 6) is -1.65. The highest BCUT2D eigenvalue weighted by Crippen LogP contribution is 2.36. The summed E-state index contributed by atoms with van der Waals surface area (Å²) in [7, 11) is 0. The molecule has 3 rings (SSSR count). The summed E-state index contributed by atoms with van der Waals surface area (Å²) in [5.41, 5.74) is 0.332. The van der Waals surface area contributed by atoms with Crippen molar-refractivity contribution in [3.63, 3.8) is 0 Å². The molecule has 226 valence electrons.